The molecule has 0 fully saturated rings. The predicted molar refractivity (Wildman–Crippen MR) is 93.6 cm³/mol. The number of benzene rings is 1. The fourth-order valence-corrected chi connectivity index (χ4v) is 4.29. The summed E-state index contributed by atoms with van der Waals surface area (Å²) in [5.41, 5.74) is 4.37. The molecule has 2 N–H and O–H groups in total. The van der Waals surface area contributed by atoms with Crippen molar-refractivity contribution in [2.24, 2.45) is 0 Å². The lowest BCUT2D eigenvalue weighted by molar-refractivity contribution is 0.0963. The minimum absolute atomic E-state index is 0.124. The van der Waals surface area contributed by atoms with Crippen molar-refractivity contribution in [1.82, 2.24) is 5.32 Å². The zero-order chi connectivity index (χ0) is 16.6. The molecule has 1 aromatic heterocycles. The summed E-state index contributed by atoms with van der Waals surface area (Å²) in [6.45, 7) is 3.88. The standard InChI is InChI=1S/C18H20N2O2S/c1-10-7-8-11(2)13(9-10)16(21)20-18-15(17(22)19-3)12-5-4-6-14(12)23-18/h7-9H,4-6H2,1-3H3,(H,19,22)(H,20,21). The molecule has 5 heteroatoms. The van der Waals surface area contributed by atoms with Gasteiger partial charge < -0.3 is 10.6 Å². The van der Waals surface area contributed by atoms with Crippen LogP contribution in [0, 0.1) is 13.8 Å². The van der Waals surface area contributed by atoms with Crippen LogP contribution < -0.4 is 10.6 Å². The van der Waals surface area contributed by atoms with Crippen LogP contribution in [0.3, 0.4) is 0 Å². The van der Waals surface area contributed by atoms with E-state index < -0.39 is 0 Å². The summed E-state index contributed by atoms with van der Waals surface area (Å²) in [7, 11) is 1.62. The van der Waals surface area contributed by atoms with Crippen molar-refractivity contribution in [2.75, 3.05) is 12.4 Å². The molecule has 23 heavy (non-hydrogen) atoms. The quantitative estimate of drug-likeness (QED) is 0.906. The lowest BCUT2D eigenvalue weighted by atomic mass is 10.0. The third-order valence-corrected chi connectivity index (χ3v) is 5.45. The number of hydrogen-bond acceptors (Lipinski definition) is 3. The van der Waals surface area contributed by atoms with Crippen LogP contribution in [0.1, 0.15) is 48.7 Å². The fourth-order valence-electron chi connectivity index (χ4n) is 3.01. The monoisotopic (exact) mass is 328 g/mol. The van der Waals surface area contributed by atoms with Gasteiger partial charge in [-0.05, 0) is 50.3 Å². The topological polar surface area (TPSA) is 58.2 Å². The van der Waals surface area contributed by atoms with Crippen molar-refractivity contribution in [1.29, 1.82) is 0 Å². The van der Waals surface area contributed by atoms with E-state index in [1.807, 2.05) is 32.0 Å². The number of carbonyl (C=O) groups is 2. The van der Waals surface area contributed by atoms with Crippen LogP contribution in [0.2, 0.25) is 0 Å². The zero-order valence-electron chi connectivity index (χ0n) is 13.6. The average molecular weight is 328 g/mol. The summed E-state index contributed by atoms with van der Waals surface area (Å²) in [6, 6.07) is 5.81. The molecule has 0 bridgehead atoms. The van der Waals surface area contributed by atoms with Crippen molar-refractivity contribution in [3.8, 4) is 0 Å². The highest BCUT2D eigenvalue weighted by atomic mass is 32.1. The number of amides is 2. The second-order valence-electron chi connectivity index (χ2n) is 5.91. The van der Waals surface area contributed by atoms with Gasteiger partial charge in [-0.25, -0.2) is 0 Å². The van der Waals surface area contributed by atoms with Gasteiger partial charge in [0.15, 0.2) is 0 Å². The molecule has 1 aromatic carbocycles. The number of anilines is 1. The normalized spacial score (nSPS) is 12.8. The number of thiophene rings is 1. The number of carbonyl (C=O) groups excluding carboxylic acids is 2. The maximum Gasteiger partial charge on any atom is 0.256 e. The van der Waals surface area contributed by atoms with E-state index in [4.69, 9.17) is 0 Å². The van der Waals surface area contributed by atoms with Gasteiger partial charge in [-0.1, -0.05) is 17.7 Å². The number of aryl methyl sites for hydroxylation is 3. The molecule has 0 saturated carbocycles. The van der Waals surface area contributed by atoms with Gasteiger partial charge in [0.2, 0.25) is 0 Å². The van der Waals surface area contributed by atoms with Crippen molar-refractivity contribution < 1.29 is 9.59 Å². The van der Waals surface area contributed by atoms with Crippen molar-refractivity contribution >= 4 is 28.2 Å². The van der Waals surface area contributed by atoms with E-state index in [-0.39, 0.29) is 11.8 Å². The minimum atomic E-state index is -0.156. The largest absolute Gasteiger partial charge is 0.355 e. The molecule has 0 spiro atoms. The van der Waals surface area contributed by atoms with Gasteiger partial charge in [0.05, 0.1) is 5.56 Å². The van der Waals surface area contributed by atoms with E-state index in [1.165, 1.54) is 16.2 Å². The molecular weight excluding hydrogens is 308 g/mol. The summed E-state index contributed by atoms with van der Waals surface area (Å²) >= 11 is 1.53. The summed E-state index contributed by atoms with van der Waals surface area (Å²) in [5.74, 6) is -0.281. The van der Waals surface area contributed by atoms with Gasteiger partial charge in [0.1, 0.15) is 5.00 Å². The molecule has 4 nitrogen and oxygen atoms in total. The third-order valence-electron chi connectivity index (χ3n) is 4.24. The van der Waals surface area contributed by atoms with Crippen LogP contribution in [0.15, 0.2) is 18.2 Å². The first kappa shape index (κ1) is 15.7. The van der Waals surface area contributed by atoms with Gasteiger partial charge in [-0.15, -0.1) is 11.3 Å². The molecule has 1 aliphatic carbocycles. The first-order valence-electron chi connectivity index (χ1n) is 7.76. The van der Waals surface area contributed by atoms with Gasteiger partial charge >= 0.3 is 0 Å². The Kier molecular flexibility index (Phi) is 4.22. The third kappa shape index (κ3) is 2.88. The lowest BCUT2D eigenvalue weighted by Gasteiger charge is -2.10. The second kappa shape index (κ2) is 6.16. The van der Waals surface area contributed by atoms with E-state index >= 15 is 0 Å². The first-order chi connectivity index (χ1) is 11.0. The Labute approximate surface area is 139 Å². The second-order valence-corrected chi connectivity index (χ2v) is 7.02. The van der Waals surface area contributed by atoms with Crippen LogP contribution in [-0.4, -0.2) is 18.9 Å². The van der Waals surface area contributed by atoms with E-state index in [0.717, 1.165) is 36.0 Å². The highest BCUT2D eigenvalue weighted by Crippen LogP contribution is 2.39. The van der Waals surface area contributed by atoms with E-state index in [2.05, 4.69) is 10.6 Å². The Morgan fingerprint density at radius 2 is 1.91 bits per heavy atom. The number of nitrogens with one attached hydrogen (secondary N) is 2. The van der Waals surface area contributed by atoms with Crippen LogP contribution in [-0.2, 0) is 12.8 Å². The molecule has 0 atom stereocenters. The van der Waals surface area contributed by atoms with Gasteiger partial charge in [-0.2, -0.15) is 0 Å². The molecule has 0 aliphatic heterocycles. The minimum Gasteiger partial charge on any atom is -0.355 e. The van der Waals surface area contributed by atoms with Crippen LogP contribution in [0.4, 0.5) is 5.00 Å². The van der Waals surface area contributed by atoms with Gasteiger partial charge in [0, 0.05) is 17.5 Å². The molecule has 2 aromatic rings. The molecule has 0 saturated heterocycles. The molecular formula is C18H20N2O2S. The molecule has 2 amide bonds. The smallest absolute Gasteiger partial charge is 0.256 e. The molecule has 3 rings (SSSR count). The Hall–Kier alpha value is -2.14. The maximum atomic E-state index is 12.6. The fraction of sp³-hybridized carbons (Fsp3) is 0.333. The molecule has 1 heterocycles. The summed E-state index contributed by atoms with van der Waals surface area (Å²) < 4.78 is 0. The van der Waals surface area contributed by atoms with Crippen LogP contribution in [0.5, 0.6) is 0 Å². The van der Waals surface area contributed by atoms with Crippen LogP contribution in [0.25, 0.3) is 0 Å². The predicted octanol–water partition coefficient (Wildman–Crippen LogP) is 3.47. The summed E-state index contributed by atoms with van der Waals surface area (Å²) in [4.78, 5) is 26.1. The Balaban J connectivity index is 1.95. The molecule has 1 aliphatic rings. The summed E-state index contributed by atoms with van der Waals surface area (Å²) in [5, 5.41) is 6.31. The average Bonchev–Trinajstić information content (AvgIpc) is 3.09. The van der Waals surface area contributed by atoms with Crippen LogP contribution >= 0.6 is 11.3 Å². The number of rotatable bonds is 3. The van der Waals surface area contributed by atoms with E-state index in [0.29, 0.717) is 16.1 Å². The number of hydrogen-bond donors (Lipinski definition) is 2. The highest BCUT2D eigenvalue weighted by Gasteiger charge is 2.27. The Bertz CT molecular complexity index is 793. The van der Waals surface area contributed by atoms with Gasteiger partial charge in [0.25, 0.3) is 11.8 Å². The van der Waals surface area contributed by atoms with Crippen molar-refractivity contribution in [3.63, 3.8) is 0 Å². The van der Waals surface area contributed by atoms with E-state index in [9.17, 15) is 9.59 Å². The van der Waals surface area contributed by atoms with Crippen molar-refractivity contribution in [3.05, 3.63) is 50.9 Å². The Morgan fingerprint density at radius 3 is 2.65 bits per heavy atom. The highest BCUT2D eigenvalue weighted by molar-refractivity contribution is 7.17. The van der Waals surface area contributed by atoms with Gasteiger partial charge in [-0.3, -0.25) is 9.59 Å². The zero-order valence-corrected chi connectivity index (χ0v) is 14.4. The molecule has 0 radical (unpaired) electrons. The van der Waals surface area contributed by atoms with E-state index in [1.54, 1.807) is 7.05 Å². The molecule has 0 unspecified atom stereocenters. The summed E-state index contributed by atoms with van der Waals surface area (Å²) in [6.07, 6.45) is 2.98. The lowest BCUT2D eigenvalue weighted by Crippen LogP contribution is -2.21. The first-order valence-corrected chi connectivity index (χ1v) is 8.58. The molecule has 120 valence electrons. The SMILES string of the molecule is CNC(=O)c1c(NC(=O)c2cc(C)ccc2C)sc2c1CCC2. The number of fused-ring (bicyclic) bond motifs is 1. The maximum absolute atomic E-state index is 12.6. The Morgan fingerprint density at radius 1 is 1.13 bits per heavy atom. The van der Waals surface area contributed by atoms with Crippen molar-refractivity contribution in [2.45, 2.75) is 33.1 Å².